The zero-order valence-corrected chi connectivity index (χ0v) is 22.5. The molecule has 0 aliphatic rings. The molecule has 0 spiro atoms. The Morgan fingerprint density at radius 2 is 0.833 bits per heavy atom. The topological polar surface area (TPSA) is 55.4 Å². The molecule has 0 aromatic heterocycles. The summed E-state index contributed by atoms with van der Waals surface area (Å²) in [6.45, 7) is 23.2. The van der Waals surface area contributed by atoms with Crippen molar-refractivity contribution in [3.05, 3.63) is 25.3 Å². The van der Waals surface area contributed by atoms with Gasteiger partial charge in [0, 0.05) is 51.7 Å². The highest BCUT2D eigenvalue weighted by atomic mass is 28.4. The molecule has 0 aromatic carbocycles. The minimum atomic E-state index is -2.39. The van der Waals surface area contributed by atoms with Gasteiger partial charge in [-0.2, -0.15) is 0 Å². The zero-order valence-electron chi connectivity index (χ0n) is 20.5. The number of allylic oxidation sites excluding steroid dienone is 2. The third kappa shape index (κ3) is 15.5. The van der Waals surface area contributed by atoms with Crippen LogP contribution >= 0.6 is 0 Å². The van der Waals surface area contributed by atoms with Crippen LogP contribution in [0.2, 0.25) is 12.1 Å². The largest absolute Gasteiger partial charge is 0.501 e. The Morgan fingerprint density at radius 3 is 1.13 bits per heavy atom. The van der Waals surface area contributed by atoms with Crippen molar-refractivity contribution in [2.45, 2.75) is 79.3 Å². The van der Waals surface area contributed by atoms with Crippen molar-refractivity contribution in [3.63, 3.8) is 0 Å². The highest BCUT2D eigenvalue weighted by Gasteiger charge is 2.40. The van der Waals surface area contributed by atoms with Gasteiger partial charge in [-0.25, -0.2) is 0 Å². The average Bonchev–Trinajstić information content (AvgIpc) is 2.71. The van der Waals surface area contributed by atoms with Crippen LogP contribution in [0.3, 0.4) is 0 Å². The molecule has 8 heteroatoms. The Balaban J connectivity index is 0. The van der Waals surface area contributed by atoms with Gasteiger partial charge in [0.15, 0.2) is 0 Å². The van der Waals surface area contributed by atoms with Gasteiger partial charge in [-0.3, -0.25) is 0 Å². The maximum atomic E-state index is 5.76. The van der Waals surface area contributed by atoms with Crippen LogP contribution in [-0.4, -0.2) is 57.3 Å². The van der Waals surface area contributed by atoms with Crippen molar-refractivity contribution in [3.8, 4) is 0 Å². The van der Waals surface area contributed by atoms with Gasteiger partial charge in [-0.05, 0) is 67.2 Å². The lowest BCUT2D eigenvalue weighted by molar-refractivity contribution is 0.0702. The van der Waals surface area contributed by atoms with Crippen molar-refractivity contribution in [2.75, 3.05) is 39.6 Å². The van der Waals surface area contributed by atoms with Crippen LogP contribution in [0.4, 0.5) is 0 Å². The summed E-state index contributed by atoms with van der Waals surface area (Å²) >= 11 is 0. The molecular formula is C22H48O6Si2. The first-order chi connectivity index (χ1) is 14.5. The zero-order chi connectivity index (χ0) is 23.1. The number of rotatable bonds is 20. The molecule has 0 bridgehead atoms. The molecule has 0 radical (unpaired) electrons. The number of unbranched alkanes of at least 4 members (excludes halogenated alkanes) is 2. The first-order valence-electron chi connectivity index (χ1n) is 11.5. The molecule has 0 saturated heterocycles. The molecule has 30 heavy (non-hydrogen) atoms. The molecule has 0 heterocycles. The molecule has 0 fully saturated rings. The smallest absolute Gasteiger partial charge is 0.374 e. The molecule has 0 atom stereocenters. The molecule has 180 valence electrons. The van der Waals surface area contributed by atoms with Crippen LogP contribution in [0.15, 0.2) is 25.3 Å². The fourth-order valence-corrected chi connectivity index (χ4v) is 8.16. The van der Waals surface area contributed by atoms with E-state index in [1.807, 2.05) is 53.7 Å². The normalized spacial score (nSPS) is 11.7. The van der Waals surface area contributed by atoms with Crippen LogP contribution in [0, 0.1) is 0 Å². The standard InChI is InChI=1S/C12H26O3Si.C10H22O3Si/c1-5-9-10-11-12-16(13-6-2,14-7-3)15-8-4;1-5-9-10-14(11-6-2,12-7-3)13-8-4/h5H,1,6-12H2,2-4H3;5H,1,6-10H2,2-4H3. The van der Waals surface area contributed by atoms with E-state index in [0.29, 0.717) is 39.6 Å². The van der Waals surface area contributed by atoms with Gasteiger partial charge in [-0.15, -0.1) is 13.2 Å². The van der Waals surface area contributed by atoms with E-state index in [1.54, 1.807) is 0 Å². The predicted octanol–water partition coefficient (Wildman–Crippen LogP) is 6.00. The van der Waals surface area contributed by atoms with Gasteiger partial charge in [-0.1, -0.05) is 12.2 Å². The second-order valence-corrected chi connectivity index (χ2v) is 11.8. The van der Waals surface area contributed by atoms with E-state index in [-0.39, 0.29) is 0 Å². The molecule has 0 aliphatic heterocycles. The van der Waals surface area contributed by atoms with E-state index >= 15 is 0 Å². The minimum absolute atomic E-state index is 0.642. The maximum absolute atomic E-state index is 5.76. The highest BCUT2D eigenvalue weighted by molar-refractivity contribution is 6.61. The quantitative estimate of drug-likeness (QED) is 0.125. The molecule has 0 N–H and O–H groups in total. The molecule has 0 rings (SSSR count). The van der Waals surface area contributed by atoms with Crippen LogP contribution in [0.25, 0.3) is 0 Å². The van der Waals surface area contributed by atoms with Crippen molar-refractivity contribution in [2.24, 2.45) is 0 Å². The first kappa shape index (κ1) is 31.9. The Labute approximate surface area is 188 Å². The molecule has 0 amide bonds. The van der Waals surface area contributed by atoms with Crippen LogP contribution < -0.4 is 0 Å². The molecule has 0 unspecified atom stereocenters. The van der Waals surface area contributed by atoms with Gasteiger partial charge in [0.2, 0.25) is 0 Å². The van der Waals surface area contributed by atoms with Crippen molar-refractivity contribution >= 4 is 17.6 Å². The Bertz CT molecular complexity index is 362. The fraction of sp³-hybridized carbons (Fsp3) is 0.818. The lowest BCUT2D eigenvalue weighted by atomic mass is 10.2. The third-order valence-electron chi connectivity index (χ3n) is 3.98. The van der Waals surface area contributed by atoms with E-state index in [4.69, 9.17) is 26.6 Å². The number of hydrogen-bond acceptors (Lipinski definition) is 6. The minimum Gasteiger partial charge on any atom is -0.374 e. The first-order valence-corrected chi connectivity index (χ1v) is 15.4. The van der Waals surface area contributed by atoms with Gasteiger partial charge >= 0.3 is 17.6 Å². The second-order valence-electron chi connectivity index (χ2n) is 6.33. The van der Waals surface area contributed by atoms with E-state index < -0.39 is 17.6 Å². The summed E-state index contributed by atoms with van der Waals surface area (Å²) in [7, 11) is -4.77. The third-order valence-corrected chi connectivity index (χ3v) is 10.2. The molecule has 6 nitrogen and oxygen atoms in total. The lowest BCUT2D eigenvalue weighted by Gasteiger charge is -2.28. The summed E-state index contributed by atoms with van der Waals surface area (Å²) in [5.41, 5.74) is 0. The summed E-state index contributed by atoms with van der Waals surface area (Å²) in [5.74, 6) is 0. The van der Waals surface area contributed by atoms with Crippen molar-refractivity contribution < 1.29 is 26.6 Å². The van der Waals surface area contributed by atoms with E-state index in [9.17, 15) is 0 Å². The summed E-state index contributed by atoms with van der Waals surface area (Å²) in [6.07, 6.45) is 7.97. The fourth-order valence-electron chi connectivity index (χ4n) is 2.91. The van der Waals surface area contributed by atoms with Gasteiger partial charge < -0.3 is 26.6 Å². The monoisotopic (exact) mass is 464 g/mol. The highest BCUT2D eigenvalue weighted by Crippen LogP contribution is 2.20. The summed E-state index contributed by atoms with van der Waals surface area (Å²) < 4.78 is 34.3. The Morgan fingerprint density at radius 1 is 0.500 bits per heavy atom. The maximum Gasteiger partial charge on any atom is 0.501 e. The molecular weight excluding hydrogens is 416 g/mol. The summed E-state index contributed by atoms with van der Waals surface area (Å²) in [5, 5.41) is 0. The SMILES string of the molecule is C=CCCCC[Si](OCC)(OCC)OCC.C=CCC[Si](OCC)(OCC)OCC. The lowest BCUT2D eigenvalue weighted by Crippen LogP contribution is -2.45. The Kier molecular flexibility index (Phi) is 23.2. The van der Waals surface area contributed by atoms with Crippen LogP contribution in [0.5, 0.6) is 0 Å². The van der Waals surface area contributed by atoms with Gasteiger partial charge in [0.25, 0.3) is 0 Å². The van der Waals surface area contributed by atoms with Gasteiger partial charge in [0.1, 0.15) is 0 Å². The predicted molar refractivity (Wildman–Crippen MR) is 130 cm³/mol. The molecule has 0 saturated carbocycles. The van der Waals surface area contributed by atoms with Crippen LogP contribution in [0.1, 0.15) is 67.2 Å². The van der Waals surface area contributed by atoms with E-state index in [0.717, 1.165) is 37.8 Å². The van der Waals surface area contributed by atoms with E-state index in [1.165, 1.54) is 0 Å². The number of hydrogen-bond donors (Lipinski definition) is 0. The van der Waals surface area contributed by atoms with Gasteiger partial charge in [0.05, 0.1) is 0 Å². The van der Waals surface area contributed by atoms with E-state index in [2.05, 4.69) is 13.2 Å². The molecule has 0 aliphatic carbocycles. The second kappa shape index (κ2) is 21.9. The summed E-state index contributed by atoms with van der Waals surface area (Å²) in [6, 6.07) is 1.74. The summed E-state index contributed by atoms with van der Waals surface area (Å²) in [4.78, 5) is 0. The van der Waals surface area contributed by atoms with Crippen LogP contribution in [-0.2, 0) is 26.6 Å². The average molecular weight is 465 g/mol. The Hall–Kier alpha value is -0.326. The molecule has 0 aromatic rings. The van der Waals surface area contributed by atoms with Crippen molar-refractivity contribution in [1.29, 1.82) is 0 Å². The van der Waals surface area contributed by atoms with Crippen molar-refractivity contribution in [1.82, 2.24) is 0 Å².